The molecule has 0 saturated carbocycles. The van der Waals surface area contributed by atoms with Crippen LogP contribution < -0.4 is 4.74 Å². The molecular formula is C8H7ClFNO2. The van der Waals surface area contributed by atoms with Crippen molar-refractivity contribution in [2.24, 2.45) is 5.16 Å². The van der Waals surface area contributed by atoms with Crippen molar-refractivity contribution >= 4 is 16.8 Å². The Balaban J connectivity index is 3.19. The Kier molecular flexibility index (Phi) is 3.08. The van der Waals surface area contributed by atoms with Gasteiger partial charge in [-0.2, -0.15) is 0 Å². The molecule has 1 aromatic carbocycles. The molecule has 0 radical (unpaired) electrons. The van der Waals surface area contributed by atoms with E-state index in [1.807, 2.05) is 0 Å². The highest BCUT2D eigenvalue weighted by molar-refractivity contribution is 6.69. The van der Waals surface area contributed by atoms with E-state index in [9.17, 15) is 4.39 Å². The standard InChI is InChI=1S/C8H7ClFNO2/c1-13-5-2-3-7(10)6(4-5)8(9)11-12/h2-4,12H,1H3/b11-8+. The SMILES string of the molecule is COc1ccc(F)c(/C(Cl)=N\O)c1. The average molecular weight is 204 g/mol. The third-order valence-corrected chi connectivity index (χ3v) is 1.76. The molecule has 13 heavy (non-hydrogen) atoms. The number of hydrogen-bond donors (Lipinski definition) is 1. The van der Waals surface area contributed by atoms with E-state index in [0.29, 0.717) is 5.75 Å². The number of halogens is 2. The lowest BCUT2D eigenvalue weighted by Gasteiger charge is -2.02. The predicted molar refractivity (Wildman–Crippen MR) is 47.1 cm³/mol. The summed E-state index contributed by atoms with van der Waals surface area (Å²) in [5, 5.41) is 10.7. The maximum absolute atomic E-state index is 13.0. The number of benzene rings is 1. The smallest absolute Gasteiger partial charge is 0.178 e. The zero-order valence-corrected chi connectivity index (χ0v) is 7.55. The van der Waals surface area contributed by atoms with Crippen molar-refractivity contribution in [2.45, 2.75) is 0 Å². The molecule has 0 aliphatic rings. The third kappa shape index (κ3) is 2.09. The molecule has 0 aromatic heterocycles. The first kappa shape index (κ1) is 9.80. The summed E-state index contributed by atoms with van der Waals surface area (Å²) in [6.45, 7) is 0. The molecule has 0 unspecified atom stereocenters. The largest absolute Gasteiger partial charge is 0.497 e. The van der Waals surface area contributed by atoms with Crippen molar-refractivity contribution in [3.8, 4) is 5.75 Å². The molecule has 0 spiro atoms. The van der Waals surface area contributed by atoms with Crippen LogP contribution in [0.3, 0.4) is 0 Å². The number of hydrogen-bond acceptors (Lipinski definition) is 3. The zero-order valence-electron chi connectivity index (χ0n) is 6.79. The van der Waals surface area contributed by atoms with Crippen LogP contribution in [0.25, 0.3) is 0 Å². The van der Waals surface area contributed by atoms with Crippen LogP contribution in [0.4, 0.5) is 4.39 Å². The van der Waals surface area contributed by atoms with E-state index in [4.69, 9.17) is 21.5 Å². The van der Waals surface area contributed by atoms with E-state index in [1.165, 1.54) is 25.3 Å². The molecule has 70 valence electrons. The van der Waals surface area contributed by atoms with Gasteiger partial charge in [0.1, 0.15) is 11.6 Å². The molecule has 0 saturated heterocycles. The number of rotatable bonds is 2. The predicted octanol–water partition coefficient (Wildman–Crippen LogP) is 2.21. The van der Waals surface area contributed by atoms with Gasteiger partial charge in [-0.3, -0.25) is 0 Å². The highest BCUT2D eigenvalue weighted by Crippen LogP contribution is 2.18. The molecule has 0 amide bonds. The summed E-state index contributed by atoms with van der Waals surface area (Å²) in [6, 6.07) is 3.97. The van der Waals surface area contributed by atoms with Gasteiger partial charge in [0, 0.05) is 0 Å². The summed E-state index contributed by atoms with van der Waals surface area (Å²) in [7, 11) is 1.45. The summed E-state index contributed by atoms with van der Waals surface area (Å²) in [6.07, 6.45) is 0. The summed E-state index contributed by atoms with van der Waals surface area (Å²) >= 11 is 5.43. The maximum atomic E-state index is 13.0. The molecule has 0 atom stereocenters. The van der Waals surface area contributed by atoms with Gasteiger partial charge in [0.2, 0.25) is 0 Å². The van der Waals surface area contributed by atoms with E-state index in [2.05, 4.69) is 5.16 Å². The van der Waals surface area contributed by atoms with Crippen molar-refractivity contribution in [3.05, 3.63) is 29.6 Å². The first-order chi connectivity index (χ1) is 6.19. The molecule has 0 heterocycles. The Bertz CT molecular complexity index is 341. The van der Waals surface area contributed by atoms with Gasteiger partial charge in [0.05, 0.1) is 12.7 Å². The number of methoxy groups -OCH3 is 1. The van der Waals surface area contributed by atoms with Crippen LogP contribution in [0, 0.1) is 5.82 Å². The van der Waals surface area contributed by atoms with E-state index < -0.39 is 5.82 Å². The van der Waals surface area contributed by atoms with Crippen molar-refractivity contribution in [3.63, 3.8) is 0 Å². The van der Waals surface area contributed by atoms with E-state index in [0.717, 1.165) is 0 Å². The highest BCUT2D eigenvalue weighted by Gasteiger charge is 2.08. The number of ether oxygens (including phenoxy) is 1. The van der Waals surface area contributed by atoms with Gasteiger partial charge in [-0.1, -0.05) is 16.8 Å². The lowest BCUT2D eigenvalue weighted by Crippen LogP contribution is -1.97. The van der Waals surface area contributed by atoms with E-state index >= 15 is 0 Å². The number of oxime groups is 1. The zero-order chi connectivity index (χ0) is 9.84. The van der Waals surface area contributed by atoms with Crippen LogP contribution in [-0.4, -0.2) is 17.5 Å². The van der Waals surface area contributed by atoms with Crippen LogP contribution in [-0.2, 0) is 0 Å². The summed E-state index contributed by atoms with van der Waals surface area (Å²) in [5.74, 6) is -0.123. The Morgan fingerprint density at radius 1 is 1.62 bits per heavy atom. The second-order valence-corrected chi connectivity index (χ2v) is 2.59. The van der Waals surface area contributed by atoms with Crippen LogP contribution in [0.5, 0.6) is 5.75 Å². The Labute approximate surface area is 79.4 Å². The van der Waals surface area contributed by atoms with Crippen molar-refractivity contribution in [2.75, 3.05) is 7.11 Å². The van der Waals surface area contributed by atoms with Gasteiger partial charge in [-0.05, 0) is 18.2 Å². The molecular weight excluding hydrogens is 197 g/mol. The van der Waals surface area contributed by atoms with E-state index in [1.54, 1.807) is 0 Å². The topological polar surface area (TPSA) is 41.8 Å². The highest BCUT2D eigenvalue weighted by atomic mass is 35.5. The molecule has 0 bridgehead atoms. The first-order valence-electron chi connectivity index (χ1n) is 3.40. The monoisotopic (exact) mass is 203 g/mol. The van der Waals surface area contributed by atoms with Crippen molar-refractivity contribution in [1.82, 2.24) is 0 Å². The fraction of sp³-hybridized carbons (Fsp3) is 0.125. The first-order valence-corrected chi connectivity index (χ1v) is 3.78. The molecule has 0 fully saturated rings. The van der Waals surface area contributed by atoms with Crippen molar-refractivity contribution in [1.29, 1.82) is 0 Å². The van der Waals surface area contributed by atoms with Crippen LogP contribution in [0.2, 0.25) is 0 Å². The minimum atomic E-state index is -0.566. The Morgan fingerprint density at radius 3 is 2.85 bits per heavy atom. The fourth-order valence-corrected chi connectivity index (χ4v) is 0.988. The lowest BCUT2D eigenvalue weighted by atomic mass is 10.2. The normalized spacial score (nSPS) is 11.5. The van der Waals surface area contributed by atoms with E-state index in [-0.39, 0.29) is 10.7 Å². The average Bonchev–Trinajstić information content (AvgIpc) is 2.17. The van der Waals surface area contributed by atoms with Crippen LogP contribution in [0.15, 0.2) is 23.4 Å². The molecule has 5 heteroatoms. The molecule has 1 aromatic rings. The van der Waals surface area contributed by atoms with Gasteiger partial charge in [-0.15, -0.1) is 0 Å². The second kappa shape index (κ2) is 4.09. The third-order valence-electron chi connectivity index (χ3n) is 1.48. The Hall–Kier alpha value is -1.29. The van der Waals surface area contributed by atoms with Crippen molar-refractivity contribution < 1.29 is 14.3 Å². The summed E-state index contributed by atoms with van der Waals surface area (Å²) in [5.41, 5.74) is 0.00326. The number of nitrogens with zero attached hydrogens (tertiary/aromatic N) is 1. The molecule has 3 nitrogen and oxygen atoms in total. The Morgan fingerprint density at radius 2 is 2.31 bits per heavy atom. The second-order valence-electron chi connectivity index (χ2n) is 2.24. The molecule has 1 rings (SSSR count). The minimum Gasteiger partial charge on any atom is -0.497 e. The quantitative estimate of drug-likeness (QED) is 0.455. The van der Waals surface area contributed by atoms with Gasteiger partial charge in [-0.25, -0.2) is 4.39 Å². The van der Waals surface area contributed by atoms with Gasteiger partial charge >= 0.3 is 0 Å². The van der Waals surface area contributed by atoms with Crippen LogP contribution in [0.1, 0.15) is 5.56 Å². The molecule has 0 aliphatic heterocycles. The molecule has 1 N–H and O–H groups in total. The summed E-state index contributed by atoms with van der Waals surface area (Å²) < 4.78 is 17.9. The minimum absolute atomic E-state index is 0.00326. The van der Waals surface area contributed by atoms with Crippen LogP contribution >= 0.6 is 11.6 Å². The maximum Gasteiger partial charge on any atom is 0.178 e. The lowest BCUT2D eigenvalue weighted by molar-refractivity contribution is 0.320. The fourth-order valence-electron chi connectivity index (χ4n) is 0.843. The summed E-state index contributed by atoms with van der Waals surface area (Å²) in [4.78, 5) is 0. The van der Waals surface area contributed by atoms with Gasteiger partial charge in [0.15, 0.2) is 5.17 Å². The van der Waals surface area contributed by atoms with Gasteiger partial charge < -0.3 is 9.94 Å². The van der Waals surface area contributed by atoms with Gasteiger partial charge in [0.25, 0.3) is 0 Å². The molecule has 0 aliphatic carbocycles.